The first-order chi connectivity index (χ1) is 17.9. The summed E-state index contributed by atoms with van der Waals surface area (Å²) in [6.45, 7) is 3.59. The molecule has 2 heterocycles. The van der Waals surface area contributed by atoms with Crippen molar-refractivity contribution in [3.63, 3.8) is 0 Å². The van der Waals surface area contributed by atoms with Crippen LogP contribution >= 0.6 is 15.9 Å². The van der Waals surface area contributed by atoms with Crippen molar-refractivity contribution in [1.82, 2.24) is 14.7 Å². The number of amides is 3. The standard InChI is InChI=1S/C28H33BrN4O4/c29-23-8-6-20(7-9-23)18-33(24-10-11-24)27(35)22-4-2-12-32(19-22)25-5-1-3-21(17-25)26(34)30-13-15-31(16-14-30)28(36)37/h1,3,5-9,17,22,24H,2,4,10-16,18-19H2,(H,36,37). The molecule has 2 aromatic carbocycles. The summed E-state index contributed by atoms with van der Waals surface area (Å²) in [5.41, 5.74) is 2.70. The first kappa shape index (κ1) is 25.6. The van der Waals surface area contributed by atoms with Crippen LogP contribution in [0.3, 0.4) is 0 Å². The molecule has 2 aliphatic heterocycles. The van der Waals surface area contributed by atoms with Gasteiger partial charge in [-0.15, -0.1) is 0 Å². The van der Waals surface area contributed by atoms with Crippen molar-refractivity contribution in [2.24, 2.45) is 5.92 Å². The Balaban J connectivity index is 1.24. The third kappa shape index (κ3) is 6.09. The Hall–Kier alpha value is -3.07. The van der Waals surface area contributed by atoms with Crippen LogP contribution in [0.2, 0.25) is 0 Å². The molecule has 0 radical (unpaired) electrons. The van der Waals surface area contributed by atoms with E-state index in [-0.39, 0.29) is 17.7 Å². The number of piperidine rings is 1. The van der Waals surface area contributed by atoms with Gasteiger partial charge < -0.3 is 24.7 Å². The molecule has 5 rings (SSSR count). The summed E-state index contributed by atoms with van der Waals surface area (Å²) in [6.07, 6.45) is 3.02. The molecular formula is C28H33BrN4O4. The van der Waals surface area contributed by atoms with Crippen LogP contribution in [0.25, 0.3) is 0 Å². The van der Waals surface area contributed by atoms with Crippen molar-refractivity contribution in [3.8, 4) is 0 Å². The molecule has 1 saturated carbocycles. The highest BCUT2D eigenvalue weighted by Gasteiger charge is 2.37. The number of anilines is 1. The van der Waals surface area contributed by atoms with E-state index in [9.17, 15) is 14.4 Å². The Morgan fingerprint density at radius 3 is 2.30 bits per heavy atom. The fourth-order valence-corrected chi connectivity index (χ4v) is 5.59. The number of carbonyl (C=O) groups excluding carboxylic acids is 2. The van der Waals surface area contributed by atoms with E-state index < -0.39 is 6.09 Å². The molecule has 3 fully saturated rings. The number of hydrogen-bond acceptors (Lipinski definition) is 4. The van der Waals surface area contributed by atoms with E-state index in [0.29, 0.717) is 50.9 Å². The molecule has 1 atom stereocenters. The molecule has 0 aromatic heterocycles. The minimum Gasteiger partial charge on any atom is -0.465 e. The summed E-state index contributed by atoms with van der Waals surface area (Å²) in [7, 11) is 0. The van der Waals surface area contributed by atoms with E-state index in [4.69, 9.17) is 5.11 Å². The lowest BCUT2D eigenvalue weighted by Crippen LogP contribution is -2.50. The summed E-state index contributed by atoms with van der Waals surface area (Å²) in [4.78, 5) is 45.3. The summed E-state index contributed by atoms with van der Waals surface area (Å²) >= 11 is 3.48. The Labute approximate surface area is 225 Å². The number of nitrogens with zero attached hydrogens (tertiary/aromatic N) is 4. The number of carbonyl (C=O) groups is 3. The topological polar surface area (TPSA) is 84.4 Å². The Kier molecular flexibility index (Phi) is 7.69. The van der Waals surface area contributed by atoms with Gasteiger partial charge >= 0.3 is 6.09 Å². The van der Waals surface area contributed by atoms with Gasteiger partial charge in [-0.3, -0.25) is 9.59 Å². The molecule has 196 valence electrons. The number of benzene rings is 2. The summed E-state index contributed by atoms with van der Waals surface area (Å²) < 4.78 is 1.03. The molecule has 0 spiro atoms. The number of piperazine rings is 1. The van der Waals surface area contributed by atoms with Gasteiger partial charge in [-0.05, 0) is 61.6 Å². The van der Waals surface area contributed by atoms with Gasteiger partial charge in [0.15, 0.2) is 0 Å². The molecule has 8 nitrogen and oxygen atoms in total. The lowest BCUT2D eigenvalue weighted by atomic mass is 9.95. The number of carboxylic acid groups (broad SMARTS) is 1. The van der Waals surface area contributed by atoms with E-state index in [1.165, 1.54) is 4.90 Å². The van der Waals surface area contributed by atoms with Crippen molar-refractivity contribution in [1.29, 1.82) is 0 Å². The van der Waals surface area contributed by atoms with Gasteiger partial charge in [0.25, 0.3) is 5.91 Å². The lowest BCUT2D eigenvalue weighted by molar-refractivity contribution is -0.137. The van der Waals surface area contributed by atoms with Crippen molar-refractivity contribution >= 4 is 39.5 Å². The molecule has 37 heavy (non-hydrogen) atoms. The first-order valence-electron chi connectivity index (χ1n) is 13.1. The van der Waals surface area contributed by atoms with E-state index in [1.807, 2.05) is 36.4 Å². The van der Waals surface area contributed by atoms with Crippen LogP contribution in [0, 0.1) is 5.92 Å². The second kappa shape index (κ2) is 11.1. The zero-order chi connectivity index (χ0) is 25.9. The van der Waals surface area contributed by atoms with Crippen LogP contribution in [0.1, 0.15) is 41.6 Å². The second-order valence-electron chi connectivity index (χ2n) is 10.2. The number of rotatable bonds is 6. The predicted molar refractivity (Wildman–Crippen MR) is 145 cm³/mol. The van der Waals surface area contributed by atoms with Crippen LogP contribution in [0.4, 0.5) is 10.5 Å². The molecule has 1 N–H and O–H groups in total. The van der Waals surface area contributed by atoms with Gasteiger partial charge in [-0.25, -0.2) is 4.79 Å². The molecule has 9 heteroatoms. The van der Waals surface area contributed by atoms with Crippen LogP contribution in [-0.4, -0.2) is 83.0 Å². The third-order valence-corrected chi connectivity index (χ3v) is 8.13. The first-order valence-corrected chi connectivity index (χ1v) is 13.9. The molecular weight excluding hydrogens is 536 g/mol. The maximum atomic E-state index is 13.7. The van der Waals surface area contributed by atoms with Gasteiger partial charge in [0, 0.05) is 67.6 Å². The third-order valence-electron chi connectivity index (χ3n) is 7.60. The van der Waals surface area contributed by atoms with Gasteiger partial charge in [0.05, 0.1) is 5.92 Å². The highest BCUT2D eigenvalue weighted by Crippen LogP contribution is 2.33. The minimum absolute atomic E-state index is 0.0618. The largest absolute Gasteiger partial charge is 0.465 e. The van der Waals surface area contributed by atoms with Crippen LogP contribution in [-0.2, 0) is 11.3 Å². The highest BCUT2D eigenvalue weighted by atomic mass is 79.9. The predicted octanol–water partition coefficient (Wildman–Crippen LogP) is 4.29. The van der Waals surface area contributed by atoms with Gasteiger partial charge in [-0.1, -0.05) is 34.1 Å². The normalized spacial score (nSPS) is 20.0. The number of hydrogen-bond donors (Lipinski definition) is 1. The maximum absolute atomic E-state index is 13.7. The van der Waals surface area contributed by atoms with Crippen molar-refractivity contribution in [2.45, 2.75) is 38.3 Å². The van der Waals surface area contributed by atoms with Crippen molar-refractivity contribution in [2.75, 3.05) is 44.2 Å². The molecule has 3 aliphatic rings. The molecule has 1 unspecified atom stereocenters. The second-order valence-corrected chi connectivity index (χ2v) is 11.1. The Bertz CT molecular complexity index is 1150. The molecule has 2 saturated heterocycles. The fraction of sp³-hybridized carbons (Fsp3) is 0.464. The quantitative estimate of drug-likeness (QED) is 0.561. The van der Waals surface area contributed by atoms with Gasteiger partial charge in [0.2, 0.25) is 5.91 Å². The molecule has 1 aliphatic carbocycles. The monoisotopic (exact) mass is 568 g/mol. The maximum Gasteiger partial charge on any atom is 0.407 e. The van der Waals surface area contributed by atoms with E-state index in [2.05, 4.69) is 37.9 Å². The van der Waals surface area contributed by atoms with Crippen molar-refractivity contribution < 1.29 is 19.5 Å². The summed E-state index contributed by atoms with van der Waals surface area (Å²) in [5.74, 6) is 0.0952. The van der Waals surface area contributed by atoms with E-state index in [0.717, 1.165) is 48.0 Å². The average molecular weight is 569 g/mol. The van der Waals surface area contributed by atoms with Crippen LogP contribution < -0.4 is 4.90 Å². The van der Waals surface area contributed by atoms with Crippen molar-refractivity contribution in [3.05, 3.63) is 64.1 Å². The van der Waals surface area contributed by atoms with Crippen LogP contribution in [0.15, 0.2) is 53.0 Å². The SMILES string of the molecule is O=C(O)N1CCN(C(=O)c2cccc(N3CCCC(C(=O)N(Cc4ccc(Br)cc4)C4CC4)C3)c2)CC1. The zero-order valence-electron chi connectivity index (χ0n) is 20.9. The van der Waals surface area contributed by atoms with E-state index >= 15 is 0 Å². The molecule has 0 bridgehead atoms. The fourth-order valence-electron chi connectivity index (χ4n) is 5.33. The Morgan fingerprint density at radius 1 is 0.919 bits per heavy atom. The molecule has 2 aromatic rings. The number of halogens is 1. The summed E-state index contributed by atoms with van der Waals surface area (Å²) in [5, 5.41) is 9.16. The smallest absolute Gasteiger partial charge is 0.407 e. The zero-order valence-corrected chi connectivity index (χ0v) is 22.5. The Morgan fingerprint density at radius 2 is 1.62 bits per heavy atom. The summed E-state index contributed by atoms with van der Waals surface area (Å²) in [6, 6.07) is 16.2. The van der Waals surface area contributed by atoms with Crippen LogP contribution in [0.5, 0.6) is 0 Å². The highest BCUT2D eigenvalue weighted by molar-refractivity contribution is 9.10. The van der Waals surface area contributed by atoms with E-state index in [1.54, 1.807) is 4.90 Å². The minimum atomic E-state index is -0.944. The van der Waals surface area contributed by atoms with Gasteiger partial charge in [-0.2, -0.15) is 0 Å². The average Bonchev–Trinajstić information content (AvgIpc) is 3.78. The lowest BCUT2D eigenvalue weighted by Gasteiger charge is -2.37. The molecule has 3 amide bonds. The van der Waals surface area contributed by atoms with Gasteiger partial charge in [0.1, 0.15) is 0 Å².